The van der Waals surface area contributed by atoms with Crippen LogP contribution in [0.5, 0.6) is 0 Å². The number of rotatable bonds is 6. The number of amides is 1. The highest BCUT2D eigenvalue weighted by Gasteiger charge is 2.18. The first-order valence-corrected chi connectivity index (χ1v) is 8.91. The number of anilines is 1. The zero-order chi connectivity index (χ0) is 17.7. The molecule has 24 heavy (non-hydrogen) atoms. The van der Waals surface area contributed by atoms with Gasteiger partial charge in [-0.1, -0.05) is 24.3 Å². The Balaban J connectivity index is 2.33. The third-order valence-corrected chi connectivity index (χ3v) is 4.82. The van der Waals surface area contributed by atoms with Gasteiger partial charge >= 0.3 is 0 Å². The van der Waals surface area contributed by atoms with Crippen LogP contribution >= 0.6 is 0 Å². The van der Waals surface area contributed by atoms with Gasteiger partial charge in [-0.2, -0.15) is 0 Å². The first-order valence-electron chi connectivity index (χ1n) is 7.43. The van der Waals surface area contributed by atoms with E-state index in [2.05, 4.69) is 16.6 Å². The summed E-state index contributed by atoms with van der Waals surface area (Å²) in [5, 5.41) is 2.65. The molecule has 0 aliphatic heterocycles. The largest absolute Gasteiger partial charge is 0.349 e. The van der Waals surface area contributed by atoms with Crippen LogP contribution in [0, 0.1) is 13.8 Å². The standard InChI is InChI=1S/C18H20N2O3S/c1-4-10-19-18(21)17-12-16(9-8-14(17)3)24(22,23)20-15-7-5-6-13(2)11-15/h4-9,11-12,20H,1,10H2,2-3H3,(H,19,21). The Kier molecular flexibility index (Phi) is 5.41. The fourth-order valence-electron chi connectivity index (χ4n) is 2.20. The Hall–Kier alpha value is -2.60. The molecule has 0 bridgehead atoms. The van der Waals surface area contributed by atoms with Gasteiger partial charge in [0.05, 0.1) is 4.90 Å². The van der Waals surface area contributed by atoms with Gasteiger partial charge in [-0.3, -0.25) is 9.52 Å². The van der Waals surface area contributed by atoms with E-state index in [-0.39, 0.29) is 10.8 Å². The lowest BCUT2D eigenvalue weighted by molar-refractivity contribution is 0.0957. The van der Waals surface area contributed by atoms with E-state index in [1.54, 1.807) is 37.3 Å². The molecule has 2 rings (SSSR count). The number of hydrogen-bond donors (Lipinski definition) is 2. The molecule has 2 N–H and O–H groups in total. The lowest BCUT2D eigenvalue weighted by Crippen LogP contribution is -2.24. The van der Waals surface area contributed by atoms with Gasteiger partial charge in [0.2, 0.25) is 0 Å². The van der Waals surface area contributed by atoms with E-state index in [1.807, 2.05) is 13.0 Å². The summed E-state index contributed by atoms with van der Waals surface area (Å²) in [6.07, 6.45) is 1.56. The van der Waals surface area contributed by atoms with E-state index in [9.17, 15) is 13.2 Å². The maximum Gasteiger partial charge on any atom is 0.261 e. The molecular weight excluding hydrogens is 324 g/mol. The van der Waals surface area contributed by atoms with Crippen molar-refractivity contribution in [1.29, 1.82) is 0 Å². The molecule has 0 spiro atoms. The summed E-state index contributed by atoms with van der Waals surface area (Å²) in [5.74, 6) is -0.333. The fraction of sp³-hybridized carbons (Fsp3) is 0.167. The summed E-state index contributed by atoms with van der Waals surface area (Å²) in [6, 6.07) is 11.6. The molecule has 6 heteroatoms. The van der Waals surface area contributed by atoms with E-state index in [0.717, 1.165) is 5.56 Å². The summed E-state index contributed by atoms with van der Waals surface area (Å²) in [7, 11) is -3.77. The van der Waals surface area contributed by atoms with E-state index in [0.29, 0.717) is 23.4 Å². The molecule has 0 unspecified atom stereocenters. The fourth-order valence-corrected chi connectivity index (χ4v) is 3.27. The minimum absolute atomic E-state index is 0.0401. The molecule has 126 valence electrons. The third kappa shape index (κ3) is 4.23. The molecule has 2 aromatic rings. The first kappa shape index (κ1) is 17.7. The molecule has 2 aromatic carbocycles. The molecule has 0 aliphatic carbocycles. The Bertz CT molecular complexity index is 874. The van der Waals surface area contributed by atoms with E-state index >= 15 is 0 Å². The summed E-state index contributed by atoms with van der Waals surface area (Å²) < 4.78 is 27.6. The zero-order valence-corrected chi connectivity index (χ0v) is 14.5. The molecule has 0 aliphatic rings. The van der Waals surface area contributed by atoms with Gasteiger partial charge < -0.3 is 5.32 Å². The highest BCUT2D eigenvalue weighted by molar-refractivity contribution is 7.92. The number of nitrogens with one attached hydrogen (secondary N) is 2. The second kappa shape index (κ2) is 7.31. The van der Waals surface area contributed by atoms with Crippen molar-refractivity contribution in [2.24, 2.45) is 0 Å². The zero-order valence-electron chi connectivity index (χ0n) is 13.7. The Morgan fingerprint density at radius 1 is 1.17 bits per heavy atom. The van der Waals surface area contributed by atoms with E-state index in [4.69, 9.17) is 0 Å². The normalized spacial score (nSPS) is 10.9. The maximum atomic E-state index is 12.6. The van der Waals surface area contributed by atoms with Crippen molar-refractivity contribution in [3.8, 4) is 0 Å². The van der Waals surface area contributed by atoms with Crippen molar-refractivity contribution >= 4 is 21.6 Å². The Morgan fingerprint density at radius 2 is 1.92 bits per heavy atom. The summed E-state index contributed by atoms with van der Waals surface area (Å²) in [5.41, 5.74) is 2.45. The van der Waals surface area contributed by atoms with Crippen LogP contribution in [0.2, 0.25) is 0 Å². The number of carbonyl (C=O) groups excluding carboxylic acids is 1. The van der Waals surface area contributed by atoms with E-state index < -0.39 is 10.0 Å². The van der Waals surface area contributed by atoms with Crippen molar-refractivity contribution in [3.63, 3.8) is 0 Å². The molecule has 0 saturated carbocycles. The second-order valence-corrected chi connectivity index (χ2v) is 7.13. The summed E-state index contributed by atoms with van der Waals surface area (Å²) in [6.45, 7) is 7.49. The van der Waals surface area contributed by atoms with Crippen LogP contribution in [0.15, 0.2) is 60.0 Å². The smallest absolute Gasteiger partial charge is 0.261 e. The van der Waals surface area contributed by atoms with Gasteiger partial charge in [-0.25, -0.2) is 8.42 Å². The van der Waals surface area contributed by atoms with Gasteiger partial charge in [0, 0.05) is 17.8 Å². The van der Waals surface area contributed by atoms with Crippen LogP contribution in [0.3, 0.4) is 0 Å². The molecule has 1 amide bonds. The third-order valence-electron chi connectivity index (χ3n) is 3.44. The Labute approximate surface area is 142 Å². The quantitative estimate of drug-likeness (QED) is 0.791. The molecule has 0 heterocycles. The van der Waals surface area contributed by atoms with Crippen LogP contribution < -0.4 is 10.0 Å². The van der Waals surface area contributed by atoms with Crippen molar-refractivity contribution in [2.45, 2.75) is 18.7 Å². The van der Waals surface area contributed by atoms with Crippen molar-refractivity contribution in [3.05, 3.63) is 71.8 Å². The maximum absolute atomic E-state index is 12.6. The molecule has 0 radical (unpaired) electrons. The number of benzene rings is 2. The average molecular weight is 344 g/mol. The van der Waals surface area contributed by atoms with Crippen LogP contribution in [-0.4, -0.2) is 20.9 Å². The molecule has 0 saturated heterocycles. The molecule has 0 aromatic heterocycles. The highest BCUT2D eigenvalue weighted by atomic mass is 32.2. The number of aryl methyl sites for hydroxylation is 2. The predicted octanol–water partition coefficient (Wildman–Crippen LogP) is 3.02. The monoisotopic (exact) mass is 344 g/mol. The molecule has 5 nitrogen and oxygen atoms in total. The van der Waals surface area contributed by atoms with Crippen LogP contribution in [0.4, 0.5) is 5.69 Å². The lowest BCUT2D eigenvalue weighted by atomic mass is 10.1. The van der Waals surface area contributed by atoms with Gasteiger partial charge in [0.25, 0.3) is 15.9 Å². The van der Waals surface area contributed by atoms with Crippen molar-refractivity contribution in [2.75, 3.05) is 11.3 Å². The minimum atomic E-state index is -3.77. The lowest BCUT2D eigenvalue weighted by Gasteiger charge is -2.11. The predicted molar refractivity (Wildman–Crippen MR) is 95.7 cm³/mol. The SMILES string of the molecule is C=CCNC(=O)c1cc(S(=O)(=O)Nc2cccc(C)c2)ccc1C. The topological polar surface area (TPSA) is 75.3 Å². The Morgan fingerprint density at radius 3 is 2.58 bits per heavy atom. The molecular formula is C18H20N2O3S. The second-order valence-electron chi connectivity index (χ2n) is 5.45. The van der Waals surface area contributed by atoms with Crippen LogP contribution in [-0.2, 0) is 10.0 Å². The van der Waals surface area contributed by atoms with Gasteiger partial charge in [0.15, 0.2) is 0 Å². The van der Waals surface area contributed by atoms with Crippen LogP contribution in [0.25, 0.3) is 0 Å². The number of sulfonamides is 1. The van der Waals surface area contributed by atoms with Gasteiger partial charge in [-0.15, -0.1) is 6.58 Å². The number of carbonyl (C=O) groups is 1. The van der Waals surface area contributed by atoms with E-state index in [1.165, 1.54) is 12.1 Å². The highest BCUT2D eigenvalue weighted by Crippen LogP contribution is 2.20. The average Bonchev–Trinajstić information content (AvgIpc) is 2.52. The molecule has 0 fully saturated rings. The van der Waals surface area contributed by atoms with Crippen molar-refractivity contribution in [1.82, 2.24) is 5.32 Å². The first-order chi connectivity index (χ1) is 11.3. The van der Waals surface area contributed by atoms with Crippen molar-refractivity contribution < 1.29 is 13.2 Å². The number of hydrogen-bond acceptors (Lipinski definition) is 3. The van der Waals surface area contributed by atoms with Crippen LogP contribution in [0.1, 0.15) is 21.5 Å². The summed E-state index contributed by atoms with van der Waals surface area (Å²) in [4.78, 5) is 12.2. The molecule has 0 atom stereocenters. The minimum Gasteiger partial charge on any atom is -0.349 e. The van der Waals surface area contributed by atoms with Gasteiger partial charge in [-0.05, 0) is 49.2 Å². The van der Waals surface area contributed by atoms with Gasteiger partial charge in [0.1, 0.15) is 0 Å². The summed E-state index contributed by atoms with van der Waals surface area (Å²) >= 11 is 0.